The van der Waals surface area contributed by atoms with E-state index in [2.05, 4.69) is 15.5 Å². The van der Waals surface area contributed by atoms with Crippen LogP contribution < -0.4 is 10.1 Å². The summed E-state index contributed by atoms with van der Waals surface area (Å²) in [5.41, 5.74) is 3.24. The molecule has 1 unspecified atom stereocenters. The van der Waals surface area contributed by atoms with Crippen LogP contribution in [0, 0.1) is 0 Å². The molecule has 0 radical (unpaired) electrons. The number of urea groups is 1. The lowest BCUT2D eigenvalue weighted by Gasteiger charge is -2.35. The van der Waals surface area contributed by atoms with Gasteiger partial charge in [0.1, 0.15) is 5.75 Å². The zero-order valence-corrected chi connectivity index (χ0v) is 18.4. The molecule has 4 rings (SSSR count). The SMILES string of the molecule is COCCCN1C(=O)NC(c2cccc(OC)c2)C(c2nc(-c3ccccc3)no2)=C1C. The first-order chi connectivity index (χ1) is 15.6. The van der Waals surface area contributed by atoms with Gasteiger partial charge in [-0.15, -0.1) is 0 Å². The van der Waals surface area contributed by atoms with Gasteiger partial charge in [-0.1, -0.05) is 47.6 Å². The number of allylic oxidation sites excluding steroid dienone is 1. The first kappa shape index (κ1) is 21.6. The van der Waals surface area contributed by atoms with Gasteiger partial charge < -0.3 is 19.3 Å². The van der Waals surface area contributed by atoms with Crippen LogP contribution in [0.25, 0.3) is 17.0 Å². The van der Waals surface area contributed by atoms with E-state index in [9.17, 15) is 4.79 Å². The molecular formula is C24H26N4O4. The predicted molar refractivity (Wildman–Crippen MR) is 120 cm³/mol. The molecule has 0 aliphatic carbocycles. The molecule has 0 spiro atoms. The van der Waals surface area contributed by atoms with Gasteiger partial charge in [0.05, 0.1) is 18.7 Å². The number of carbonyl (C=O) groups excluding carboxylic acids is 1. The second-order valence-corrected chi connectivity index (χ2v) is 7.45. The Morgan fingerprint density at radius 1 is 1.12 bits per heavy atom. The smallest absolute Gasteiger partial charge is 0.322 e. The third-order valence-corrected chi connectivity index (χ3v) is 5.44. The van der Waals surface area contributed by atoms with Crippen LogP contribution >= 0.6 is 0 Å². The summed E-state index contributed by atoms with van der Waals surface area (Å²) >= 11 is 0. The molecule has 1 atom stereocenters. The highest BCUT2D eigenvalue weighted by Gasteiger charge is 2.35. The van der Waals surface area contributed by atoms with E-state index in [1.54, 1.807) is 19.1 Å². The number of aromatic nitrogens is 2. The number of nitrogens with one attached hydrogen (secondary N) is 1. The van der Waals surface area contributed by atoms with Crippen molar-refractivity contribution >= 4 is 11.6 Å². The van der Waals surface area contributed by atoms with E-state index < -0.39 is 6.04 Å². The summed E-state index contributed by atoms with van der Waals surface area (Å²) in [5, 5.41) is 7.28. The third-order valence-electron chi connectivity index (χ3n) is 5.44. The number of hydrogen-bond acceptors (Lipinski definition) is 6. The Balaban J connectivity index is 1.78. The predicted octanol–water partition coefficient (Wildman–Crippen LogP) is 4.28. The Kier molecular flexibility index (Phi) is 6.51. The largest absolute Gasteiger partial charge is 0.497 e. The number of amides is 2. The fraction of sp³-hybridized carbons (Fsp3) is 0.292. The number of ether oxygens (including phenoxy) is 2. The number of methoxy groups -OCH3 is 2. The van der Waals surface area contributed by atoms with Crippen LogP contribution in [0.4, 0.5) is 4.79 Å². The number of hydrogen-bond donors (Lipinski definition) is 1. The topological polar surface area (TPSA) is 89.7 Å². The fourth-order valence-corrected chi connectivity index (χ4v) is 3.80. The molecule has 2 aromatic carbocycles. The molecule has 3 aromatic rings. The van der Waals surface area contributed by atoms with E-state index in [0.29, 0.717) is 37.0 Å². The Bertz CT molecular complexity index is 1110. The Hall–Kier alpha value is -3.65. The van der Waals surface area contributed by atoms with Gasteiger partial charge in [0.15, 0.2) is 0 Å². The number of rotatable bonds is 8. The molecule has 0 saturated heterocycles. The summed E-state index contributed by atoms with van der Waals surface area (Å²) in [6.07, 6.45) is 0.706. The van der Waals surface area contributed by atoms with Gasteiger partial charge in [0.25, 0.3) is 5.89 Å². The lowest BCUT2D eigenvalue weighted by atomic mass is 9.94. The molecule has 1 aliphatic rings. The van der Waals surface area contributed by atoms with Crippen LogP contribution in [0.3, 0.4) is 0 Å². The van der Waals surface area contributed by atoms with Crippen LogP contribution in [-0.4, -0.2) is 48.4 Å². The monoisotopic (exact) mass is 434 g/mol. The van der Waals surface area contributed by atoms with Crippen LogP contribution in [0.15, 0.2) is 64.8 Å². The average molecular weight is 434 g/mol. The highest BCUT2D eigenvalue weighted by atomic mass is 16.5. The standard InChI is InChI=1S/C24H26N4O4/c1-16-20(23-26-22(27-32-23)17-9-5-4-6-10-17)21(18-11-7-12-19(15-18)31-3)25-24(29)28(16)13-8-14-30-2/h4-7,9-12,15,21H,8,13-14H2,1-3H3,(H,25,29). The Morgan fingerprint density at radius 3 is 2.69 bits per heavy atom. The molecule has 1 aliphatic heterocycles. The van der Waals surface area contributed by atoms with Gasteiger partial charge >= 0.3 is 6.03 Å². The molecule has 8 nitrogen and oxygen atoms in total. The first-order valence-corrected chi connectivity index (χ1v) is 10.4. The molecule has 32 heavy (non-hydrogen) atoms. The van der Waals surface area contributed by atoms with Crippen molar-refractivity contribution in [3.63, 3.8) is 0 Å². The minimum atomic E-state index is -0.458. The van der Waals surface area contributed by atoms with Crippen molar-refractivity contribution in [2.24, 2.45) is 0 Å². The molecule has 2 amide bonds. The Morgan fingerprint density at radius 2 is 1.94 bits per heavy atom. The zero-order valence-electron chi connectivity index (χ0n) is 18.4. The normalized spacial score (nSPS) is 16.3. The van der Waals surface area contributed by atoms with Crippen molar-refractivity contribution in [2.75, 3.05) is 27.4 Å². The maximum Gasteiger partial charge on any atom is 0.322 e. The zero-order chi connectivity index (χ0) is 22.5. The van der Waals surface area contributed by atoms with E-state index in [0.717, 1.165) is 22.4 Å². The Labute approximate surface area is 186 Å². The highest BCUT2D eigenvalue weighted by molar-refractivity contribution is 5.87. The van der Waals surface area contributed by atoms with Crippen LogP contribution in [0.1, 0.15) is 30.8 Å². The molecule has 166 valence electrons. The summed E-state index contributed by atoms with van der Waals surface area (Å²) in [6.45, 7) is 2.98. The molecule has 1 N–H and O–H groups in total. The maximum absolute atomic E-state index is 13.0. The molecule has 8 heteroatoms. The van der Waals surface area contributed by atoms with E-state index in [1.165, 1.54) is 0 Å². The minimum Gasteiger partial charge on any atom is -0.497 e. The van der Waals surface area contributed by atoms with Crippen molar-refractivity contribution in [2.45, 2.75) is 19.4 Å². The summed E-state index contributed by atoms with van der Waals surface area (Å²) < 4.78 is 16.2. The van der Waals surface area contributed by atoms with Gasteiger partial charge in [-0.25, -0.2) is 4.79 Å². The molecule has 2 heterocycles. The molecule has 0 saturated carbocycles. The second-order valence-electron chi connectivity index (χ2n) is 7.45. The molecule has 0 fully saturated rings. The van der Waals surface area contributed by atoms with E-state index in [4.69, 9.17) is 14.0 Å². The maximum atomic E-state index is 13.0. The number of nitrogens with zero attached hydrogens (tertiary/aromatic N) is 3. The number of carbonyl (C=O) groups is 1. The average Bonchev–Trinajstić information content (AvgIpc) is 3.31. The fourth-order valence-electron chi connectivity index (χ4n) is 3.80. The van der Waals surface area contributed by atoms with Crippen LogP contribution in [0.2, 0.25) is 0 Å². The molecular weight excluding hydrogens is 408 g/mol. The van der Waals surface area contributed by atoms with Crippen molar-refractivity contribution in [1.29, 1.82) is 0 Å². The lowest BCUT2D eigenvalue weighted by Crippen LogP contribution is -2.46. The molecule has 0 bridgehead atoms. The minimum absolute atomic E-state index is 0.182. The lowest BCUT2D eigenvalue weighted by molar-refractivity contribution is 0.174. The highest BCUT2D eigenvalue weighted by Crippen LogP contribution is 2.38. The quantitative estimate of drug-likeness (QED) is 0.532. The van der Waals surface area contributed by atoms with Crippen molar-refractivity contribution < 1.29 is 18.8 Å². The van der Waals surface area contributed by atoms with Gasteiger partial charge in [0.2, 0.25) is 5.82 Å². The third kappa shape index (κ3) is 4.36. The van der Waals surface area contributed by atoms with Gasteiger partial charge in [0, 0.05) is 31.5 Å². The second kappa shape index (κ2) is 9.65. The first-order valence-electron chi connectivity index (χ1n) is 10.4. The van der Waals surface area contributed by atoms with E-state index in [-0.39, 0.29) is 6.03 Å². The van der Waals surface area contributed by atoms with Gasteiger partial charge in [-0.2, -0.15) is 4.98 Å². The summed E-state index contributed by atoms with van der Waals surface area (Å²) in [4.78, 5) is 19.3. The summed E-state index contributed by atoms with van der Waals surface area (Å²) in [7, 11) is 3.26. The van der Waals surface area contributed by atoms with E-state index >= 15 is 0 Å². The van der Waals surface area contributed by atoms with Crippen molar-refractivity contribution in [3.05, 3.63) is 71.7 Å². The van der Waals surface area contributed by atoms with Gasteiger partial charge in [-0.05, 0) is 31.0 Å². The van der Waals surface area contributed by atoms with Crippen molar-refractivity contribution in [1.82, 2.24) is 20.4 Å². The van der Waals surface area contributed by atoms with Crippen LogP contribution in [0.5, 0.6) is 5.75 Å². The molecule has 1 aromatic heterocycles. The van der Waals surface area contributed by atoms with Crippen LogP contribution in [-0.2, 0) is 4.74 Å². The number of benzene rings is 2. The van der Waals surface area contributed by atoms with Gasteiger partial charge in [-0.3, -0.25) is 4.90 Å². The summed E-state index contributed by atoms with van der Waals surface area (Å²) in [6, 6.07) is 16.6. The van der Waals surface area contributed by atoms with Crippen molar-refractivity contribution in [3.8, 4) is 17.1 Å². The van der Waals surface area contributed by atoms with E-state index in [1.807, 2.05) is 61.5 Å². The summed E-state index contributed by atoms with van der Waals surface area (Å²) in [5.74, 6) is 1.56.